The van der Waals surface area contributed by atoms with E-state index in [1.807, 2.05) is 6.08 Å². The minimum Gasteiger partial charge on any atom is -0.369 e. The van der Waals surface area contributed by atoms with Crippen LogP contribution in [0, 0.1) is 45.3 Å². The summed E-state index contributed by atoms with van der Waals surface area (Å²) in [4.78, 5) is 40.9. The van der Waals surface area contributed by atoms with Gasteiger partial charge in [-0.05, 0) is 78.8 Å². The molecule has 1 aromatic rings. The molecule has 2 N–H and O–H groups in total. The Kier molecular flexibility index (Phi) is 9.23. The van der Waals surface area contributed by atoms with Crippen LogP contribution in [0.5, 0.6) is 0 Å². The predicted octanol–water partition coefficient (Wildman–Crippen LogP) is 7.17. The van der Waals surface area contributed by atoms with Crippen LogP contribution in [-0.4, -0.2) is 72.2 Å². The van der Waals surface area contributed by atoms with Gasteiger partial charge in [-0.1, -0.05) is 78.7 Å². The smallest absolute Gasteiger partial charge is 0.226 e. The lowest BCUT2D eigenvalue weighted by Crippen LogP contribution is -2.51. The molecule has 3 fully saturated rings. The molecule has 1 aromatic heterocycles. The van der Waals surface area contributed by atoms with E-state index in [0.717, 1.165) is 76.6 Å². The Hall–Kier alpha value is -3.00. The van der Waals surface area contributed by atoms with Crippen LogP contribution in [-0.2, 0) is 9.59 Å². The molecule has 8 nitrogen and oxygen atoms in total. The predicted molar refractivity (Wildman–Crippen MR) is 196 cm³/mol. The fourth-order valence-corrected chi connectivity index (χ4v) is 9.50. The molecule has 4 aliphatic carbocycles. The van der Waals surface area contributed by atoms with E-state index in [9.17, 15) is 9.59 Å². The van der Waals surface area contributed by atoms with Crippen LogP contribution < -0.4 is 15.5 Å². The minimum absolute atomic E-state index is 0.00780. The first-order chi connectivity index (χ1) is 22.4. The van der Waals surface area contributed by atoms with Gasteiger partial charge in [0.1, 0.15) is 11.6 Å². The van der Waals surface area contributed by atoms with Crippen molar-refractivity contribution in [2.24, 2.45) is 45.3 Å². The maximum absolute atomic E-state index is 14.2. The highest BCUT2D eigenvalue weighted by Crippen LogP contribution is 2.65. The van der Waals surface area contributed by atoms with Gasteiger partial charge in [-0.3, -0.25) is 14.5 Å². The van der Waals surface area contributed by atoms with E-state index in [4.69, 9.17) is 9.97 Å². The maximum atomic E-state index is 14.2. The first-order valence-electron chi connectivity index (χ1n) is 18.5. The molecule has 0 radical (unpaired) electrons. The number of ketones is 2. The molecule has 6 atom stereocenters. The lowest BCUT2D eigenvalue weighted by Gasteiger charge is -2.52. The zero-order chi connectivity index (χ0) is 34.6. The summed E-state index contributed by atoms with van der Waals surface area (Å²) in [6.45, 7) is 25.8. The van der Waals surface area contributed by atoms with Crippen LogP contribution >= 0.6 is 0 Å². The number of hydrogen-bond acceptors (Lipinski definition) is 8. The minimum atomic E-state index is -0.139. The molecule has 1 saturated heterocycles. The summed E-state index contributed by atoms with van der Waals surface area (Å²) in [5, 5.41) is 7.00. The first kappa shape index (κ1) is 34.8. The van der Waals surface area contributed by atoms with Crippen LogP contribution in [0.4, 0.5) is 17.6 Å². The Bertz CT molecular complexity index is 1470. The van der Waals surface area contributed by atoms with Crippen molar-refractivity contribution in [1.82, 2.24) is 14.9 Å². The molecule has 262 valence electrons. The van der Waals surface area contributed by atoms with Gasteiger partial charge in [-0.25, -0.2) is 0 Å². The summed E-state index contributed by atoms with van der Waals surface area (Å²) in [5.41, 5.74) is 2.88. The van der Waals surface area contributed by atoms with E-state index < -0.39 is 0 Å². The molecule has 2 saturated carbocycles. The van der Waals surface area contributed by atoms with Crippen LogP contribution in [0.3, 0.4) is 0 Å². The van der Waals surface area contributed by atoms with Crippen molar-refractivity contribution in [1.29, 1.82) is 0 Å². The molecule has 1 aliphatic heterocycles. The van der Waals surface area contributed by atoms with Crippen molar-refractivity contribution in [2.45, 2.75) is 88.0 Å². The maximum Gasteiger partial charge on any atom is 0.226 e. The lowest BCUT2D eigenvalue weighted by molar-refractivity contribution is -0.129. The summed E-state index contributed by atoms with van der Waals surface area (Å²) in [5.74, 6) is 4.46. The normalized spacial score (nSPS) is 32.2. The Labute approximate surface area is 289 Å². The topological polar surface area (TPSA) is 90.5 Å². The van der Waals surface area contributed by atoms with Crippen molar-refractivity contribution in [3.63, 3.8) is 0 Å². The molecule has 8 heteroatoms. The quantitative estimate of drug-likeness (QED) is 0.285. The molecular weight excluding hydrogens is 596 g/mol. The Balaban J connectivity index is 1.11. The second-order valence-electron chi connectivity index (χ2n) is 18.4. The van der Waals surface area contributed by atoms with Crippen LogP contribution in [0.1, 0.15) is 88.0 Å². The fraction of sp³-hybridized carbons (Fsp3) is 0.700. The van der Waals surface area contributed by atoms with E-state index in [-0.39, 0.29) is 33.4 Å². The third-order valence-corrected chi connectivity index (χ3v) is 12.0. The summed E-state index contributed by atoms with van der Waals surface area (Å²) in [6, 6.07) is 2.08. The monoisotopic (exact) mass is 656 g/mol. The van der Waals surface area contributed by atoms with E-state index in [0.29, 0.717) is 36.0 Å². The average molecular weight is 657 g/mol. The van der Waals surface area contributed by atoms with Crippen molar-refractivity contribution >= 4 is 29.2 Å². The Morgan fingerprint density at radius 1 is 1.00 bits per heavy atom. The number of rotatable bonds is 8. The number of aromatic nitrogens is 2. The highest BCUT2D eigenvalue weighted by molar-refractivity contribution is 6.01. The molecule has 0 spiro atoms. The zero-order valence-electron chi connectivity index (χ0n) is 31.1. The van der Waals surface area contributed by atoms with Crippen LogP contribution in [0.25, 0.3) is 0 Å². The van der Waals surface area contributed by atoms with Crippen LogP contribution in [0.2, 0.25) is 0 Å². The summed E-state index contributed by atoms with van der Waals surface area (Å²) < 4.78 is 0. The number of piperazine rings is 1. The molecule has 0 bridgehead atoms. The second kappa shape index (κ2) is 12.7. The highest BCUT2D eigenvalue weighted by Gasteiger charge is 2.59. The lowest BCUT2D eigenvalue weighted by atomic mass is 9.52. The molecule has 48 heavy (non-hydrogen) atoms. The summed E-state index contributed by atoms with van der Waals surface area (Å²) in [7, 11) is 0. The number of anilines is 3. The number of nitrogens with one attached hydrogen (secondary N) is 2. The molecule has 2 heterocycles. The van der Waals surface area contributed by atoms with E-state index in [2.05, 4.69) is 101 Å². The molecule has 5 aliphatic rings. The largest absolute Gasteiger partial charge is 0.369 e. The third kappa shape index (κ3) is 7.01. The zero-order valence-corrected chi connectivity index (χ0v) is 31.1. The number of fused-ring (bicyclic) bond motifs is 5. The van der Waals surface area contributed by atoms with Crippen molar-refractivity contribution in [3.8, 4) is 0 Å². The highest BCUT2D eigenvalue weighted by atomic mass is 16.1. The summed E-state index contributed by atoms with van der Waals surface area (Å²) >= 11 is 0. The molecule has 0 unspecified atom stereocenters. The van der Waals surface area contributed by atoms with Crippen molar-refractivity contribution < 1.29 is 9.59 Å². The Morgan fingerprint density at radius 3 is 2.38 bits per heavy atom. The van der Waals surface area contributed by atoms with Gasteiger partial charge in [0.2, 0.25) is 5.95 Å². The van der Waals surface area contributed by atoms with Crippen molar-refractivity contribution in [2.75, 3.05) is 61.3 Å². The van der Waals surface area contributed by atoms with Gasteiger partial charge >= 0.3 is 0 Å². The van der Waals surface area contributed by atoms with Gasteiger partial charge in [0, 0.05) is 56.7 Å². The SMILES string of the molecule is C[C@@H]1C[C@H]2[C@@H]3CCC4=CC(=O)C=C[C@]4(C)C3=CC[C@]2(C)[C@H]1C(=O)CN1CCN(c2cc(NCC(C)(C)C)nc(NCC(C)(C)C)n2)CC1. The standard InChI is InChI=1S/C40H60N6O2/c1-26-20-31-29-11-10-27-21-28(47)12-14-39(27,8)30(29)13-15-40(31,9)35(26)32(48)23-45-16-18-46(19-17-45)34-22-33(41-24-37(2,3)4)43-36(44-34)42-25-38(5,6)7/h12-14,21-22,26,29,31,35H,10-11,15-20,23-25H2,1-9H3,(H2,41,42,43,44)/t26-,29-,31+,35-,39+,40+/m1/s1. The van der Waals surface area contributed by atoms with Gasteiger partial charge in [0.05, 0.1) is 6.54 Å². The number of Topliss-reactive ketones (excluding diaryl/α,β-unsaturated/α-hetero) is 1. The average Bonchev–Trinajstić information content (AvgIpc) is 3.29. The van der Waals surface area contributed by atoms with Gasteiger partial charge in [-0.2, -0.15) is 9.97 Å². The molecule has 0 amide bonds. The van der Waals surface area contributed by atoms with Gasteiger partial charge in [-0.15, -0.1) is 0 Å². The summed E-state index contributed by atoms with van der Waals surface area (Å²) in [6.07, 6.45) is 12.4. The van der Waals surface area contributed by atoms with E-state index in [1.54, 1.807) is 6.08 Å². The molecule has 6 rings (SSSR count). The van der Waals surface area contributed by atoms with E-state index in [1.165, 1.54) is 11.1 Å². The van der Waals surface area contributed by atoms with Gasteiger partial charge in [0.25, 0.3) is 0 Å². The number of hydrogen-bond donors (Lipinski definition) is 2. The van der Waals surface area contributed by atoms with Gasteiger partial charge < -0.3 is 15.5 Å². The first-order valence-corrected chi connectivity index (χ1v) is 18.5. The van der Waals surface area contributed by atoms with Gasteiger partial charge in [0.15, 0.2) is 11.6 Å². The van der Waals surface area contributed by atoms with Crippen LogP contribution in [0.15, 0.2) is 41.5 Å². The molecular formula is C40H60N6O2. The third-order valence-electron chi connectivity index (χ3n) is 12.0. The van der Waals surface area contributed by atoms with Crippen molar-refractivity contribution in [3.05, 3.63) is 41.5 Å². The number of nitrogens with zero attached hydrogens (tertiary/aromatic N) is 4. The number of carbonyl (C=O) groups excluding carboxylic acids is 2. The second-order valence-corrected chi connectivity index (χ2v) is 18.4. The molecule has 0 aromatic carbocycles. The van der Waals surface area contributed by atoms with E-state index >= 15 is 0 Å². The Morgan fingerprint density at radius 2 is 1.69 bits per heavy atom. The fourth-order valence-electron chi connectivity index (χ4n) is 9.50. The number of carbonyl (C=O) groups is 2. The number of allylic oxidation sites excluding steroid dienone is 6.